The molecule has 3 N–H and O–H groups in total. The summed E-state index contributed by atoms with van der Waals surface area (Å²) in [7, 11) is 0. The average Bonchev–Trinajstić information content (AvgIpc) is 3.08. The van der Waals surface area contributed by atoms with Gasteiger partial charge in [-0.15, -0.1) is 0 Å². The molecule has 3 unspecified atom stereocenters. The van der Waals surface area contributed by atoms with Gasteiger partial charge in [0.2, 0.25) is 0 Å². The molecular weight excluding hydrogens is 292 g/mol. The third-order valence-corrected chi connectivity index (χ3v) is 4.91. The van der Waals surface area contributed by atoms with Crippen LogP contribution in [-0.2, 0) is 11.3 Å². The van der Waals surface area contributed by atoms with Crippen LogP contribution in [0.15, 0.2) is 24.3 Å². The topological polar surface area (TPSA) is 62.8 Å². The minimum absolute atomic E-state index is 0.0415. The van der Waals surface area contributed by atoms with Gasteiger partial charge in [-0.25, -0.2) is 0 Å². The highest BCUT2D eigenvalue weighted by molar-refractivity contribution is 5.33. The summed E-state index contributed by atoms with van der Waals surface area (Å²) < 4.78 is 11.3. The maximum atomic E-state index is 8.94. The van der Waals surface area contributed by atoms with Crippen molar-refractivity contribution >= 4 is 0 Å². The minimum Gasteiger partial charge on any atom is -0.491 e. The quantitative estimate of drug-likeness (QED) is 0.707. The molecule has 1 heterocycles. The molecule has 1 saturated heterocycles. The zero-order valence-corrected chi connectivity index (χ0v) is 13.7. The van der Waals surface area contributed by atoms with Crippen molar-refractivity contribution in [2.75, 3.05) is 33.0 Å². The van der Waals surface area contributed by atoms with Crippen LogP contribution in [-0.4, -0.2) is 50.2 Å². The van der Waals surface area contributed by atoms with E-state index in [4.69, 9.17) is 14.6 Å². The van der Waals surface area contributed by atoms with E-state index in [-0.39, 0.29) is 6.61 Å². The molecule has 5 heteroatoms. The van der Waals surface area contributed by atoms with Crippen LogP contribution < -0.4 is 15.4 Å². The molecule has 2 fully saturated rings. The molecule has 0 bridgehead atoms. The summed E-state index contributed by atoms with van der Waals surface area (Å²) in [5, 5.41) is 16.3. The summed E-state index contributed by atoms with van der Waals surface area (Å²) in [6.07, 6.45) is 3.77. The van der Waals surface area contributed by atoms with E-state index in [1.165, 1.54) is 19.3 Å². The number of ether oxygens (including phenoxy) is 2. The molecule has 1 aromatic carbocycles. The van der Waals surface area contributed by atoms with Crippen molar-refractivity contribution in [3.05, 3.63) is 29.8 Å². The van der Waals surface area contributed by atoms with Gasteiger partial charge in [-0.05, 0) is 24.8 Å². The van der Waals surface area contributed by atoms with Gasteiger partial charge < -0.3 is 25.2 Å². The number of aliphatic hydroxyl groups is 1. The van der Waals surface area contributed by atoms with Gasteiger partial charge in [-0.2, -0.15) is 0 Å². The fourth-order valence-electron chi connectivity index (χ4n) is 3.77. The van der Waals surface area contributed by atoms with Crippen LogP contribution in [0.2, 0.25) is 0 Å². The maximum absolute atomic E-state index is 8.94. The monoisotopic (exact) mass is 320 g/mol. The maximum Gasteiger partial charge on any atom is 0.123 e. The number of morpholine rings is 1. The zero-order chi connectivity index (χ0) is 15.9. The Hall–Kier alpha value is -1.14. The fourth-order valence-corrected chi connectivity index (χ4v) is 3.77. The third-order valence-electron chi connectivity index (χ3n) is 4.91. The van der Waals surface area contributed by atoms with Crippen molar-refractivity contribution in [2.24, 2.45) is 5.92 Å². The Morgan fingerprint density at radius 3 is 3.04 bits per heavy atom. The van der Waals surface area contributed by atoms with Crippen molar-refractivity contribution in [1.29, 1.82) is 0 Å². The van der Waals surface area contributed by atoms with Gasteiger partial charge in [0.05, 0.1) is 19.8 Å². The highest BCUT2D eigenvalue weighted by atomic mass is 16.5. The van der Waals surface area contributed by atoms with Gasteiger partial charge in [0.1, 0.15) is 12.4 Å². The molecule has 3 rings (SSSR count). The number of para-hydroxylation sites is 1. The number of aliphatic hydroxyl groups excluding tert-OH is 1. The molecule has 1 aliphatic carbocycles. The van der Waals surface area contributed by atoms with Gasteiger partial charge in [0.15, 0.2) is 0 Å². The Morgan fingerprint density at radius 2 is 2.22 bits per heavy atom. The van der Waals surface area contributed by atoms with Crippen LogP contribution in [0.25, 0.3) is 0 Å². The van der Waals surface area contributed by atoms with Gasteiger partial charge in [-0.1, -0.05) is 24.6 Å². The standard InChI is InChI=1S/C18H28N2O3/c21-9-11-23-18-7-2-1-4-14(18)12-20-16-6-3-5-15(16)17-13-22-10-8-19-17/h1-2,4,7,15-17,19-21H,3,5-6,8-13H2. The molecule has 0 radical (unpaired) electrons. The first-order valence-electron chi connectivity index (χ1n) is 8.74. The second-order valence-corrected chi connectivity index (χ2v) is 6.40. The summed E-state index contributed by atoms with van der Waals surface area (Å²) >= 11 is 0. The van der Waals surface area contributed by atoms with Gasteiger partial charge in [-0.3, -0.25) is 0 Å². The van der Waals surface area contributed by atoms with E-state index in [9.17, 15) is 0 Å². The molecule has 128 valence electrons. The number of hydrogen-bond acceptors (Lipinski definition) is 5. The van der Waals surface area contributed by atoms with Crippen molar-refractivity contribution in [3.63, 3.8) is 0 Å². The van der Waals surface area contributed by atoms with Crippen LogP contribution in [0.5, 0.6) is 5.75 Å². The average molecular weight is 320 g/mol. The molecule has 0 aromatic heterocycles. The Labute approximate surface area is 138 Å². The first-order valence-corrected chi connectivity index (χ1v) is 8.74. The Bertz CT molecular complexity index is 477. The predicted octanol–water partition coefficient (Wildman–Crippen LogP) is 1.30. The Kier molecular flexibility index (Phi) is 6.28. The molecule has 1 aliphatic heterocycles. The molecule has 1 saturated carbocycles. The normalized spacial score (nSPS) is 28.0. The lowest BCUT2D eigenvalue weighted by Gasteiger charge is -2.33. The van der Waals surface area contributed by atoms with Gasteiger partial charge >= 0.3 is 0 Å². The molecule has 23 heavy (non-hydrogen) atoms. The van der Waals surface area contributed by atoms with E-state index in [1.807, 2.05) is 18.2 Å². The van der Waals surface area contributed by atoms with E-state index in [0.717, 1.165) is 37.6 Å². The molecular formula is C18H28N2O3. The van der Waals surface area contributed by atoms with Gasteiger partial charge in [0.25, 0.3) is 0 Å². The van der Waals surface area contributed by atoms with E-state index in [2.05, 4.69) is 16.7 Å². The first kappa shape index (κ1) is 16.7. The van der Waals surface area contributed by atoms with E-state index >= 15 is 0 Å². The van der Waals surface area contributed by atoms with Crippen LogP contribution in [0.1, 0.15) is 24.8 Å². The molecule has 0 spiro atoms. The van der Waals surface area contributed by atoms with Crippen molar-refractivity contribution < 1.29 is 14.6 Å². The summed E-state index contributed by atoms with van der Waals surface area (Å²) in [5.41, 5.74) is 1.15. The predicted molar refractivity (Wildman–Crippen MR) is 89.6 cm³/mol. The second-order valence-electron chi connectivity index (χ2n) is 6.40. The van der Waals surface area contributed by atoms with Crippen LogP contribution in [0.3, 0.4) is 0 Å². The first-order chi connectivity index (χ1) is 11.4. The van der Waals surface area contributed by atoms with Crippen LogP contribution in [0, 0.1) is 5.92 Å². The van der Waals surface area contributed by atoms with E-state index in [0.29, 0.717) is 24.6 Å². The minimum atomic E-state index is 0.0415. The van der Waals surface area contributed by atoms with Crippen molar-refractivity contribution in [2.45, 2.75) is 37.9 Å². The zero-order valence-electron chi connectivity index (χ0n) is 13.7. The molecule has 3 atom stereocenters. The number of rotatable bonds is 7. The number of hydrogen-bond donors (Lipinski definition) is 3. The highest BCUT2D eigenvalue weighted by Gasteiger charge is 2.34. The summed E-state index contributed by atoms with van der Waals surface area (Å²) in [4.78, 5) is 0. The molecule has 2 aliphatic rings. The van der Waals surface area contributed by atoms with E-state index < -0.39 is 0 Å². The van der Waals surface area contributed by atoms with Crippen molar-refractivity contribution in [1.82, 2.24) is 10.6 Å². The molecule has 0 amide bonds. The summed E-state index contributed by atoms with van der Waals surface area (Å²) in [5.74, 6) is 1.50. The fraction of sp³-hybridized carbons (Fsp3) is 0.667. The smallest absolute Gasteiger partial charge is 0.123 e. The number of benzene rings is 1. The van der Waals surface area contributed by atoms with Crippen LogP contribution in [0.4, 0.5) is 0 Å². The van der Waals surface area contributed by atoms with Gasteiger partial charge in [0, 0.05) is 30.7 Å². The Morgan fingerprint density at radius 1 is 1.30 bits per heavy atom. The largest absolute Gasteiger partial charge is 0.491 e. The molecule has 1 aromatic rings. The molecule has 5 nitrogen and oxygen atoms in total. The number of nitrogens with one attached hydrogen (secondary N) is 2. The lowest BCUT2D eigenvalue weighted by atomic mass is 9.94. The Balaban J connectivity index is 1.56. The lowest BCUT2D eigenvalue weighted by molar-refractivity contribution is 0.0524. The lowest BCUT2D eigenvalue weighted by Crippen LogP contribution is -2.50. The van der Waals surface area contributed by atoms with Crippen molar-refractivity contribution in [3.8, 4) is 5.75 Å². The summed E-state index contributed by atoms with van der Waals surface area (Å²) in [6, 6.07) is 9.06. The highest BCUT2D eigenvalue weighted by Crippen LogP contribution is 2.30. The van der Waals surface area contributed by atoms with E-state index in [1.54, 1.807) is 0 Å². The second kappa shape index (κ2) is 8.64. The van der Waals surface area contributed by atoms with Crippen LogP contribution >= 0.6 is 0 Å². The summed E-state index contributed by atoms with van der Waals surface area (Å²) in [6.45, 7) is 3.81. The third kappa shape index (κ3) is 4.44. The SMILES string of the molecule is OCCOc1ccccc1CNC1CCCC1C1COCCN1.